The fourth-order valence-electron chi connectivity index (χ4n) is 1.74. The van der Waals surface area contributed by atoms with Crippen molar-refractivity contribution in [1.29, 1.82) is 0 Å². The van der Waals surface area contributed by atoms with Gasteiger partial charge in [0.15, 0.2) is 6.61 Å². The number of halogens is 1. The van der Waals surface area contributed by atoms with Crippen LogP contribution < -0.4 is 15.6 Å². The van der Waals surface area contributed by atoms with E-state index in [1.807, 2.05) is 25.1 Å². The standard InChI is InChI=1S/C16H15BrN2O3/c1-11-6-2-5-9-14(11)22-10-15(20)18-19-16(21)12-7-3-4-8-13(12)17/h2-9H,10H2,1H3,(H,18,20)(H,19,21). The number of hydrazine groups is 1. The summed E-state index contributed by atoms with van der Waals surface area (Å²) in [6.07, 6.45) is 0. The van der Waals surface area contributed by atoms with E-state index in [1.165, 1.54) is 0 Å². The summed E-state index contributed by atoms with van der Waals surface area (Å²) in [7, 11) is 0. The van der Waals surface area contributed by atoms with Crippen molar-refractivity contribution in [2.24, 2.45) is 0 Å². The summed E-state index contributed by atoms with van der Waals surface area (Å²) in [6.45, 7) is 1.71. The molecule has 0 aliphatic heterocycles. The van der Waals surface area contributed by atoms with Crippen LogP contribution in [-0.2, 0) is 4.79 Å². The van der Waals surface area contributed by atoms with Gasteiger partial charge in [0.05, 0.1) is 5.56 Å². The first kappa shape index (κ1) is 16.0. The summed E-state index contributed by atoms with van der Waals surface area (Å²) >= 11 is 3.27. The van der Waals surface area contributed by atoms with E-state index in [4.69, 9.17) is 4.74 Å². The van der Waals surface area contributed by atoms with Crippen LogP contribution in [0.15, 0.2) is 53.0 Å². The second-order valence-electron chi connectivity index (χ2n) is 4.54. The molecule has 2 N–H and O–H groups in total. The minimum atomic E-state index is -0.441. The summed E-state index contributed by atoms with van der Waals surface area (Å²) in [5, 5.41) is 0. The van der Waals surface area contributed by atoms with Gasteiger partial charge in [0, 0.05) is 4.47 Å². The second-order valence-corrected chi connectivity index (χ2v) is 5.39. The Labute approximate surface area is 136 Å². The molecule has 0 aromatic heterocycles. The fraction of sp³-hybridized carbons (Fsp3) is 0.125. The van der Waals surface area contributed by atoms with Crippen LogP contribution in [0.4, 0.5) is 0 Å². The van der Waals surface area contributed by atoms with Gasteiger partial charge in [-0.05, 0) is 46.6 Å². The average Bonchev–Trinajstić information content (AvgIpc) is 2.52. The second kappa shape index (κ2) is 7.61. The first-order valence-electron chi connectivity index (χ1n) is 6.60. The lowest BCUT2D eigenvalue weighted by Crippen LogP contribution is -2.43. The number of para-hydroxylation sites is 1. The van der Waals surface area contributed by atoms with Crippen LogP contribution in [-0.4, -0.2) is 18.4 Å². The van der Waals surface area contributed by atoms with E-state index in [-0.39, 0.29) is 6.61 Å². The number of ether oxygens (including phenoxy) is 1. The molecule has 0 saturated carbocycles. The molecule has 0 spiro atoms. The highest BCUT2D eigenvalue weighted by molar-refractivity contribution is 9.10. The summed E-state index contributed by atoms with van der Waals surface area (Å²) in [4.78, 5) is 23.6. The molecule has 0 unspecified atom stereocenters. The molecular weight excluding hydrogens is 348 g/mol. The molecule has 0 atom stereocenters. The Hall–Kier alpha value is -2.34. The van der Waals surface area contributed by atoms with Crippen molar-refractivity contribution < 1.29 is 14.3 Å². The first-order chi connectivity index (χ1) is 10.6. The van der Waals surface area contributed by atoms with Gasteiger partial charge in [0.1, 0.15) is 5.75 Å². The molecule has 0 aliphatic rings. The Morgan fingerprint density at radius 1 is 1.05 bits per heavy atom. The quantitative estimate of drug-likeness (QED) is 0.821. The van der Waals surface area contributed by atoms with Crippen molar-refractivity contribution in [2.75, 3.05) is 6.61 Å². The summed E-state index contributed by atoms with van der Waals surface area (Å²) in [5.41, 5.74) is 6.03. The minimum Gasteiger partial charge on any atom is -0.483 e. The lowest BCUT2D eigenvalue weighted by molar-refractivity contribution is -0.123. The Bertz CT molecular complexity index is 689. The van der Waals surface area contributed by atoms with Crippen LogP contribution in [0, 0.1) is 6.92 Å². The molecule has 0 saturated heterocycles. The van der Waals surface area contributed by atoms with Crippen LogP contribution in [0.2, 0.25) is 0 Å². The van der Waals surface area contributed by atoms with Crippen LogP contribution >= 0.6 is 15.9 Å². The largest absolute Gasteiger partial charge is 0.483 e. The van der Waals surface area contributed by atoms with E-state index >= 15 is 0 Å². The molecule has 2 aromatic carbocycles. The molecular formula is C16H15BrN2O3. The van der Waals surface area contributed by atoms with Gasteiger partial charge in [-0.25, -0.2) is 0 Å². The number of hydrogen-bond donors (Lipinski definition) is 2. The fourth-order valence-corrected chi connectivity index (χ4v) is 2.20. The van der Waals surface area contributed by atoms with Gasteiger partial charge < -0.3 is 4.74 Å². The summed E-state index contributed by atoms with van der Waals surface area (Å²) in [6, 6.07) is 14.3. The van der Waals surface area contributed by atoms with Crippen LogP contribution in [0.25, 0.3) is 0 Å². The molecule has 5 nitrogen and oxygen atoms in total. The Balaban J connectivity index is 1.82. The number of carbonyl (C=O) groups excluding carboxylic acids is 2. The molecule has 2 aromatic rings. The van der Waals surface area contributed by atoms with Gasteiger partial charge in [-0.3, -0.25) is 20.4 Å². The lowest BCUT2D eigenvalue weighted by atomic mass is 10.2. The van der Waals surface area contributed by atoms with E-state index in [9.17, 15) is 9.59 Å². The highest BCUT2D eigenvalue weighted by atomic mass is 79.9. The van der Waals surface area contributed by atoms with Crippen molar-refractivity contribution in [3.63, 3.8) is 0 Å². The third kappa shape index (κ3) is 4.33. The number of rotatable bonds is 4. The maximum atomic E-state index is 11.9. The van der Waals surface area contributed by atoms with Crippen molar-refractivity contribution >= 4 is 27.7 Å². The average molecular weight is 363 g/mol. The number of amides is 2. The molecule has 114 valence electrons. The Kier molecular flexibility index (Phi) is 5.55. The van der Waals surface area contributed by atoms with Gasteiger partial charge in [-0.1, -0.05) is 30.3 Å². The van der Waals surface area contributed by atoms with Crippen LogP contribution in [0.5, 0.6) is 5.75 Å². The van der Waals surface area contributed by atoms with Gasteiger partial charge in [0.25, 0.3) is 11.8 Å². The maximum absolute atomic E-state index is 11.9. The number of hydrogen-bond acceptors (Lipinski definition) is 3. The van der Waals surface area contributed by atoms with Gasteiger partial charge in [-0.15, -0.1) is 0 Å². The zero-order valence-electron chi connectivity index (χ0n) is 11.9. The monoisotopic (exact) mass is 362 g/mol. The molecule has 0 heterocycles. The third-order valence-corrected chi connectivity index (χ3v) is 3.58. The highest BCUT2D eigenvalue weighted by Gasteiger charge is 2.10. The number of carbonyl (C=O) groups is 2. The lowest BCUT2D eigenvalue weighted by Gasteiger charge is -2.10. The van der Waals surface area contributed by atoms with Gasteiger partial charge in [-0.2, -0.15) is 0 Å². The summed E-state index contributed by atoms with van der Waals surface area (Å²) < 4.78 is 6.04. The molecule has 2 rings (SSSR count). The van der Waals surface area contributed by atoms with Crippen molar-refractivity contribution in [3.05, 3.63) is 64.1 Å². The van der Waals surface area contributed by atoms with Gasteiger partial charge >= 0.3 is 0 Å². The molecule has 22 heavy (non-hydrogen) atoms. The predicted octanol–water partition coefficient (Wildman–Crippen LogP) is 2.60. The molecule has 0 bridgehead atoms. The number of nitrogens with one attached hydrogen (secondary N) is 2. The maximum Gasteiger partial charge on any atom is 0.276 e. The van der Waals surface area contributed by atoms with Crippen LogP contribution in [0.1, 0.15) is 15.9 Å². The summed E-state index contributed by atoms with van der Waals surface area (Å²) in [5.74, 6) is -0.213. The molecule has 0 radical (unpaired) electrons. The molecule has 0 aliphatic carbocycles. The minimum absolute atomic E-state index is 0.179. The smallest absolute Gasteiger partial charge is 0.276 e. The molecule has 6 heteroatoms. The van der Waals surface area contributed by atoms with E-state index in [0.717, 1.165) is 5.56 Å². The zero-order chi connectivity index (χ0) is 15.9. The number of benzene rings is 2. The first-order valence-corrected chi connectivity index (χ1v) is 7.39. The van der Waals surface area contributed by atoms with E-state index < -0.39 is 11.8 Å². The topological polar surface area (TPSA) is 67.4 Å². The normalized spacial score (nSPS) is 9.91. The van der Waals surface area contributed by atoms with E-state index in [1.54, 1.807) is 30.3 Å². The van der Waals surface area contributed by atoms with E-state index in [2.05, 4.69) is 26.8 Å². The zero-order valence-corrected chi connectivity index (χ0v) is 13.5. The SMILES string of the molecule is Cc1ccccc1OCC(=O)NNC(=O)c1ccccc1Br. The van der Waals surface area contributed by atoms with Crippen molar-refractivity contribution in [2.45, 2.75) is 6.92 Å². The highest BCUT2D eigenvalue weighted by Crippen LogP contribution is 2.16. The molecule has 2 amide bonds. The Morgan fingerprint density at radius 2 is 1.73 bits per heavy atom. The predicted molar refractivity (Wildman–Crippen MR) is 86.4 cm³/mol. The number of aryl methyl sites for hydroxylation is 1. The van der Waals surface area contributed by atoms with E-state index in [0.29, 0.717) is 15.8 Å². The van der Waals surface area contributed by atoms with Crippen LogP contribution in [0.3, 0.4) is 0 Å². The third-order valence-electron chi connectivity index (χ3n) is 2.89. The molecule has 0 fully saturated rings. The van der Waals surface area contributed by atoms with Crippen molar-refractivity contribution in [3.8, 4) is 5.75 Å². The Morgan fingerprint density at radius 3 is 2.45 bits per heavy atom. The van der Waals surface area contributed by atoms with Crippen molar-refractivity contribution in [1.82, 2.24) is 10.9 Å². The van der Waals surface area contributed by atoms with Gasteiger partial charge in [0.2, 0.25) is 0 Å².